The number of amides is 1. The first-order valence-electron chi connectivity index (χ1n) is 11.4. The highest BCUT2D eigenvalue weighted by atomic mass is 35.5. The summed E-state index contributed by atoms with van der Waals surface area (Å²) >= 11 is 6.46. The highest BCUT2D eigenvalue weighted by Crippen LogP contribution is 2.41. The van der Waals surface area contributed by atoms with Crippen LogP contribution in [0.4, 0.5) is 15.9 Å². The maximum Gasteiger partial charge on any atom is 0.226 e. The second-order valence-electron chi connectivity index (χ2n) is 8.80. The van der Waals surface area contributed by atoms with E-state index >= 15 is 0 Å². The molecule has 186 valence electrons. The number of likely N-dealkylation sites (N-methyl/N-ethyl adjacent to an activating group) is 1. The number of phenolic OH excluding ortho intramolecular Hbond substituents is 1. The maximum atomic E-state index is 14.8. The van der Waals surface area contributed by atoms with Gasteiger partial charge in [-0.25, -0.2) is 14.3 Å². The number of aromatic hydroxyl groups is 1. The molecule has 0 unspecified atom stereocenters. The van der Waals surface area contributed by atoms with E-state index in [4.69, 9.17) is 11.6 Å². The Balaban J connectivity index is 1.70. The fourth-order valence-electron chi connectivity index (χ4n) is 4.00. The van der Waals surface area contributed by atoms with Crippen LogP contribution in [0.3, 0.4) is 0 Å². The number of carbonyl (C=O) groups is 1. The molecule has 0 spiro atoms. The van der Waals surface area contributed by atoms with Crippen LogP contribution in [-0.2, 0) is 4.79 Å². The molecule has 3 aromatic rings. The van der Waals surface area contributed by atoms with Gasteiger partial charge in [0.25, 0.3) is 0 Å². The summed E-state index contributed by atoms with van der Waals surface area (Å²) in [4.78, 5) is 23.2. The van der Waals surface area contributed by atoms with Gasteiger partial charge in [-0.1, -0.05) is 17.7 Å². The van der Waals surface area contributed by atoms with E-state index in [9.17, 15) is 14.3 Å². The van der Waals surface area contributed by atoms with Gasteiger partial charge in [-0.2, -0.15) is 0 Å². The molecule has 9 heteroatoms. The Morgan fingerprint density at radius 3 is 2.31 bits per heavy atom. The standard InChI is InChI=1S/C27H27ClFN5O2/c1-31(2)8-11-34(18-35)25-5-4-19(14-24(25)28)22-16-21(29)17-23(27(22)36)20-6-7-30-26(15-20)33-12-9-32(3)10-13-33/h4-7,14-18,36H,9-10,12-13H2,1-3H3. The highest BCUT2D eigenvalue weighted by Gasteiger charge is 2.19. The van der Waals surface area contributed by atoms with E-state index in [0.717, 1.165) is 32.0 Å². The van der Waals surface area contributed by atoms with Gasteiger partial charge in [0.05, 0.1) is 10.7 Å². The summed E-state index contributed by atoms with van der Waals surface area (Å²) < 4.78 is 14.8. The zero-order valence-corrected chi connectivity index (χ0v) is 21.1. The molecule has 36 heavy (non-hydrogen) atoms. The molecule has 4 rings (SSSR count). The fraction of sp³-hybridized carbons (Fsp3) is 0.259. The van der Waals surface area contributed by atoms with Gasteiger partial charge in [-0.05, 0) is 54.6 Å². The SMILES string of the molecule is CN(C)C#CN(C=O)c1ccc(-c2cc(F)cc(-c3ccnc(N4CCN(C)CC4)c3)c2O)cc1Cl. The van der Waals surface area contributed by atoms with Crippen molar-refractivity contribution in [3.8, 4) is 40.1 Å². The Morgan fingerprint density at radius 2 is 1.69 bits per heavy atom. The summed E-state index contributed by atoms with van der Waals surface area (Å²) in [5.41, 5.74) is 2.18. The van der Waals surface area contributed by atoms with Crippen molar-refractivity contribution >= 4 is 29.5 Å². The van der Waals surface area contributed by atoms with Crippen molar-refractivity contribution < 1.29 is 14.3 Å². The molecule has 0 atom stereocenters. The predicted octanol–water partition coefficient (Wildman–Crippen LogP) is 4.11. The lowest BCUT2D eigenvalue weighted by atomic mass is 9.97. The lowest BCUT2D eigenvalue weighted by Crippen LogP contribution is -2.44. The number of piperazine rings is 1. The van der Waals surface area contributed by atoms with Crippen LogP contribution >= 0.6 is 11.6 Å². The molecule has 1 amide bonds. The largest absolute Gasteiger partial charge is 0.507 e. The third kappa shape index (κ3) is 5.54. The lowest BCUT2D eigenvalue weighted by molar-refractivity contribution is -0.106. The molecule has 0 saturated carbocycles. The topological polar surface area (TPSA) is 63.2 Å². The summed E-state index contributed by atoms with van der Waals surface area (Å²) in [5.74, 6) is 0.212. The van der Waals surface area contributed by atoms with Crippen LogP contribution in [0.15, 0.2) is 48.7 Å². The summed E-state index contributed by atoms with van der Waals surface area (Å²) in [6.07, 6.45) is 2.23. The van der Waals surface area contributed by atoms with E-state index in [1.807, 2.05) is 6.07 Å². The summed E-state index contributed by atoms with van der Waals surface area (Å²) in [6, 6.07) is 16.5. The second kappa shape index (κ2) is 10.9. The smallest absolute Gasteiger partial charge is 0.226 e. The number of halogens is 2. The molecule has 2 aromatic carbocycles. The molecule has 0 bridgehead atoms. The molecule has 7 nitrogen and oxygen atoms in total. The van der Waals surface area contributed by atoms with E-state index in [2.05, 4.69) is 33.9 Å². The average molecular weight is 508 g/mol. The minimum Gasteiger partial charge on any atom is -0.507 e. The molecule has 1 aliphatic rings. The zero-order chi connectivity index (χ0) is 25.8. The number of phenols is 1. The molecular weight excluding hydrogens is 481 g/mol. The Labute approximate surface area is 215 Å². The van der Waals surface area contributed by atoms with Crippen molar-refractivity contribution in [2.45, 2.75) is 0 Å². The number of hydrogen-bond acceptors (Lipinski definition) is 6. The van der Waals surface area contributed by atoms with Crippen LogP contribution in [-0.4, -0.2) is 73.6 Å². The predicted molar refractivity (Wildman–Crippen MR) is 141 cm³/mol. The van der Waals surface area contributed by atoms with Crippen LogP contribution in [0.2, 0.25) is 5.02 Å². The van der Waals surface area contributed by atoms with Crippen molar-refractivity contribution in [1.29, 1.82) is 0 Å². The van der Waals surface area contributed by atoms with Crippen molar-refractivity contribution in [2.75, 3.05) is 57.1 Å². The third-order valence-electron chi connectivity index (χ3n) is 5.98. The zero-order valence-electron chi connectivity index (χ0n) is 20.4. The van der Waals surface area contributed by atoms with Crippen LogP contribution in [0.25, 0.3) is 22.3 Å². The second-order valence-corrected chi connectivity index (χ2v) is 9.21. The van der Waals surface area contributed by atoms with Crippen LogP contribution in [0, 0.1) is 17.9 Å². The third-order valence-corrected chi connectivity index (χ3v) is 6.28. The quantitative estimate of drug-likeness (QED) is 0.318. The van der Waals surface area contributed by atoms with Crippen LogP contribution < -0.4 is 9.80 Å². The average Bonchev–Trinajstić information content (AvgIpc) is 2.86. The number of aromatic nitrogens is 1. The molecule has 1 N–H and O–H groups in total. The fourth-order valence-corrected chi connectivity index (χ4v) is 4.27. The van der Waals surface area contributed by atoms with Gasteiger partial charge in [0, 0.05) is 69.7 Å². The van der Waals surface area contributed by atoms with Crippen LogP contribution in [0.5, 0.6) is 5.75 Å². The van der Waals surface area contributed by atoms with E-state index in [1.165, 1.54) is 17.0 Å². The Hall–Kier alpha value is -3.80. The molecule has 1 saturated heterocycles. The van der Waals surface area contributed by atoms with Gasteiger partial charge in [-0.3, -0.25) is 4.79 Å². The minimum absolute atomic E-state index is 0.0737. The summed E-state index contributed by atoms with van der Waals surface area (Å²) in [5, 5.41) is 11.4. The lowest BCUT2D eigenvalue weighted by Gasteiger charge is -2.33. The highest BCUT2D eigenvalue weighted by molar-refractivity contribution is 6.34. The number of nitrogens with zero attached hydrogens (tertiary/aromatic N) is 5. The maximum absolute atomic E-state index is 14.8. The monoisotopic (exact) mass is 507 g/mol. The molecular formula is C27H27ClFN5O2. The first-order chi connectivity index (χ1) is 17.3. The number of pyridine rings is 1. The number of carbonyl (C=O) groups excluding carboxylic acids is 1. The van der Waals surface area contributed by atoms with Crippen molar-refractivity contribution in [1.82, 2.24) is 14.8 Å². The number of hydrogen-bond donors (Lipinski definition) is 1. The molecule has 1 fully saturated rings. The van der Waals surface area contributed by atoms with Gasteiger partial charge in [-0.15, -0.1) is 0 Å². The first kappa shape index (κ1) is 25.3. The molecule has 1 aromatic heterocycles. The van der Waals surface area contributed by atoms with Gasteiger partial charge >= 0.3 is 0 Å². The van der Waals surface area contributed by atoms with E-state index in [0.29, 0.717) is 28.8 Å². The summed E-state index contributed by atoms with van der Waals surface area (Å²) in [6.45, 7) is 3.55. The van der Waals surface area contributed by atoms with Gasteiger partial charge in [0.15, 0.2) is 0 Å². The van der Waals surface area contributed by atoms with E-state index in [1.54, 1.807) is 49.5 Å². The first-order valence-corrected chi connectivity index (χ1v) is 11.8. The van der Waals surface area contributed by atoms with Crippen molar-refractivity contribution in [3.05, 3.63) is 59.5 Å². The normalized spacial score (nSPS) is 13.6. The molecule has 0 radical (unpaired) electrons. The minimum atomic E-state index is -0.498. The molecule has 2 heterocycles. The van der Waals surface area contributed by atoms with E-state index < -0.39 is 5.82 Å². The number of anilines is 2. The Bertz CT molecular complexity index is 1330. The van der Waals surface area contributed by atoms with Gasteiger partial charge in [0.2, 0.25) is 6.41 Å². The number of benzene rings is 2. The van der Waals surface area contributed by atoms with Gasteiger partial charge < -0.3 is 19.8 Å². The Kier molecular flexibility index (Phi) is 7.63. The van der Waals surface area contributed by atoms with Gasteiger partial charge in [0.1, 0.15) is 17.4 Å². The Morgan fingerprint density at radius 1 is 1.03 bits per heavy atom. The van der Waals surface area contributed by atoms with Crippen molar-refractivity contribution in [3.63, 3.8) is 0 Å². The van der Waals surface area contributed by atoms with Crippen molar-refractivity contribution in [2.24, 2.45) is 0 Å². The number of rotatable bonds is 5. The molecule has 0 aliphatic carbocycles. The van der Waals surface area contributed by atoms with E-state index in [-0.39, 0.29) is 16.3 Å². The van der Waals surface area contributed by atoms with Crippen LogP contribution in [0.1, 0.15) is 0 Å². The molecule has 1 aliphatic heterocycles. The summed E-state index contributed by atoms with van der Waals surface area (Å²) in [7, 11) is 5.59.